The second kappa shape index (κ2) is 4.14. The van der Waals surface area contributed by atoms with E-state index in [4.69, 9.17) is 5.73 Å². The smallest absolute Gasteiger partial charge is 0.0459 e. The van der Waals surface area contributed by atoms with Gasteiger partial charge in [-0.2, -0.15) is 11.8 Å². The van der Waals surface area contributed by atoms with Crippen molar-refractivity contribution >= 4 is 11.8 Å². The molecule has 0 spiro atoms. The van der Waals surface area contributed by atoms with Crippen LogP contribution in [0.3, 0.4) is 0 Å². The highest BCUT2D eigenvalue weighted by atomic mass is 32.2. The van der Waals surface area contributed by atoms with Gasteiger partial charge < -0.3 is 5.73 Å². The zero-order valence-electron chi connectivity index (χ0n) is 9.36. The Balaban J connectivity index is 2.27. The van der Waals surface area contributed by atoms with Crippen molar-refractivity contribution in [3.63, 3.8) is 0 Å². The molecule has 82 valence electrons. The summed E-state index contributed by atoms with van der Waals surface area (Å²) in [6, 6.07) is 2.15. The fourth-order valence-electron chi connectivity index (χ4n) is 2.18. The third-order valence-electron chi connectivity index (χ3n) is 3.32. The summed E-state index contributed by atoms with van der Waals surface area (Å²) in [5, 5.41) is 0. The van der Waals surface area contributed by atoms with E-state index in [0.717, 1.165) is 0 Å². The predicted octanol–water partition coefficient (Wildman–Crippen LogP) is 2.68. The molecule has 2 unspecified atom stereocenters. The molecule has 2 rings (SSSR count). The number of aromatic nitrogens is 1. The molecule has 1 aliphatic heterocycles. The molecular weight excluding hydrogens is 204 g/mol. The summed E-state index contributed by atoms with van der Waals surface area (Å²) in [5.74, 6) is 1.24. The van der Waals surface area contributed by atoms with Crippen LogP contribution in [-0.4, -0.2) is 15.5 Å². The number of rotatable bonds is 2. The number of nitrogens with two attached hydrogens (primary N) is 1. The van der Waals surface area contributed by atoms with Gasteiger partial charge in [0, 0.05) is 23.2 Å². The molecule has 1 fully saturated rings. The molecule has 15 heavy (non-hydrogen) atoms. The SMILES string of the molecule is Cc1ccncc1C(N)C1(C)CCCS1. The molecule has 2 atom stereocenters. The Morgan fingerprint density at radius 2 is 2.40 bits per heavy atom. The zero-order valence-corrected chi connectivity index (χ0v) is 10.2. The van der Waals surface area contributed by atoms with E-state index in [1.165, 1.54) is 29.7 Å². The van der Waals surface area contributed by atoms with Crippen molar-refractivity contribution < 1.29 is 0 Å². The summed E-state index contributed by atoms with van der Waals surface area (Å²) in [7, 11) is 0. The fraction of sp³-hybridized carbons (Fsp3) is 0.583. The molecule has 1 aromatic rings. The summed E-state index contributed by atoms with van der Waals surface area (Å²) in [6.45, 7) is 4.39. The van der Waals surface area contributed by atoms with E-state index in [-0.39, 0.29) is 10.8 Å². The highest BCUT2D eigenvalue weighted by Gasteiger charge is 2.37. The van der Waals surface area contributed by atoms with Crippen LogP contribution < -0.4 is 5.73 Å². The molecule has 0 bridgehead atoms. The molecule has 2 heterocycles. The number of hydrogen-bond acceptors (Lipinski definition) is 3. The van der Waals surface area contributed by atoms with Crippen LogP contribution in [0, 0.1) is 6.92 Å². The average Bonchev–Trinajstić information content (AvgIpc) is 2.66. The lowest BCUT2D eigenvalue weighted by Gasteiger charge is -2.31. The van der Waals surface area contributed by atoms with Gasteiger partial charge in [-0.25, -0.2) is 0 Å². The summed E-state index contributed by atoms with van der Waals surface area (Å²) in [6.07, 6.45) is 6.25. The Labute approximate surface area is 95.7 Å². The maximum atomic E-state index is 6.37. The van der Waals surface area contributed by atoms with Gasteiger partial charge in [0.2, 0.25) is 0 Å². The Hall–Kier alpha value is -0.540. The highest BCUT2D eigenvalue weighted by molar-refractivity contribution is 8.00. The van der Waals surface area contributed by atoms with Gasteiger partial charge in [0.25, 0.3) is 0 Å². The Morgan fingerprint density at radius 1 is 1.60 bits per heavy atom. The summed E-state index contributed by atoms with van der Waals surface area (Å²) >= 11 is 2.00. The first-order chi connectivity index (χ1) is 7.13. The van der Waals surface area contributed by atoms with Crippen LogP contribution in [0.15, 0.2) is 18.5 Å². The van der Waals surface area contributed by atoms with Crippen LogP contribution in [0.5, 0.6) is 0 Å². The monoisotopic (exact) mass is 222 g/mol. The maximum absolute atomic E-state index is 6.37. The highest BCUT2D eigenvalue weighted by Crippen LogP contribution is 2.45. The van der Waals surface area contributed by atoms with Gasteiger partial charge in [-0.15, -0.1) is 0 Å². The minimum atomic E-state index is 0.110. The largest absolute Gasteiger partial charge is 0.323 e. The number of thioether (sulfide) groups is 1. The van der Waals surface area contributed by atoms with Gasteiger partial charge in [0.05, 0.1) is 0 Å². The molecule has 0 amide bonds. The van der Waals surface area contributed by atoms with Crippen molar-refractivity contribution in [1.82, 2.24) is 4.98 Å². The van der Waals surface area contributed by atoms with E-state index in [1.807, 2.05) is 30.2 Å². The first-order valence-corrected chi connectivity index (χ1v) is 6.42. The molecular formula is C12H18N2S. The normalized spacial score (nSPS) is 27.9. The molecule has 0 aromatic carbocycles. The number of aryl methyl sites for hydroxylation is 1. The fourth-order valence-corrected chi connectivity index (χ4v) is 3.53. The van der Waals surface area contributed by atoms with Crippen molar-refractivity contribution in [2.24, 2.45) is 5.73 Å². The maximum Gasteiger partial charge on any atom is 0.0459 e. The minimum absolute atomic E-state index is 0.110. The van der Waals surface area contributed by atoms with Crippen LogP contribution in [0.2, 0.25) is 0 Å². The molecule has 3 heteroatoms. The molecule has 2 N–H and O–H groups in total. The first-order valence-electron chi connectivity index (χ1n) is 5.43. The van der Waals surface area contributed by atoms with E-state index in [1.54, 1.807) is 0 Å². The van der Waals surface area contributed by atoms with Crippen LogP contribution in [0.1, 0.15) is 36.9 Å². The lowest BCUT2D eigenvalue weighted by atomic mass is 9.90. The molecule has 1 aromatic heterocycles. The third kappa shape index (κ3) is 2.04. The number of hydrogen-bond donors (Lipinski definition) is 1. The average molecular weight is 222 g/mol. The molecule has 1 saturated heterocycles. The van der Waals surface area contributed by atoms with Gasteiger partial charge >= 0.3 is 0 Å². The van der Waals surface area contributed by atoms with Crippen LogP contribution in [0.25, 0.3) is 0 Å². The van der Waals surface area contributed by atoms with Gasteiger partial charge in [-0.05, 0) is 49.6 Å². The van der Waals surface area contributed by atoms with Crippen molar-refractivity contribution in [2.75, 3.05) is 5.75 Å². The first kappa shape index (κ1) is 11.0. The van der Waals surface area contributed by atoms with Crippen LogP contribution in [0.4, 0.5) is 0 Å². The van der Waals surface area contributed by atoms with Crippen LogP contribution >= 0.6 is 11.8 Å². The van der Waals surface area contributed by atoms with Gasteiger partial charge in [-0.3, -0.25) is 4.98 Å². The second-order valence-electron chi connectivity index (χ2n) is 4.47. The van der Waals surface area contributed by atoms with Crippen LogP contribution in [-0.2, 0) is 0 Å². The van der Waals surface area contributed by atoms with Crippen molar-refractivity contribution in [3.05, 3.63) is 29.6 Å². The van der Waals surface area contributed by atoms with E-state index >= 15 is 0 Å². The molecule has 0 aliphatic carbocycles. The summed E-state index contributed by atoms with van der Waals surface area (Å²) in [5.41, 5.74) is 8.83. The second-order valence-corrected chi connectivity index (χ2v) is 6.10. The van der Waals surface area contributed by atoms with E-state index < -0.39 is 0 Å². The van der Waals surface area contributed by atoms with Gasteiger partial charge in [0.1, 0.15) is 0 Å². The number of pyridine rings is 1. The topological polar surface area (TPSA) is 38.9 Å². The van der Waals surface area contributed by atoms with Crippen molar-refractivity contribution in [1.29, 1.82) is 0 Å². The standard InChI is InChI=1S/C12H18N2S/c1-9-4-6-14-8-10(9)11(13)12(2)5-3-7-15-12/h4,6,8,11H,3,5,7,13H2,1-2H3. The lowest BCUT2D eigenvalue weighted by Crippen LogP contribution is -2.33. The van der Waals surface area contributed by atoms with E-state index in [0.29, 0.717) is 0 Å². The quantitative estimate of drug-likeness (QED) is 0.836. The van der Waals surface area contributed by atoms with E-state index in [9.17, 15) is 0 Å². The third-order valence-corrected chi connectivity index (χ3v) is 4.93. The van der Waals surface area contributed by atoms with Gasteiger partial charge in [-0.1, -0.05) is 0 Å². The minimum Gasteiger partial charge on any atom is -0.323 e. The lowest BCUT2D eigenvalue weighted by molar-refractivity contribution is 0.499. The predicted molar refractivity (Wildman–Crippen MR) is 66.0 cm³/mol. The Bertz CT molecular complexity index is 345. The van der Waals surface area contributed by atoms with Crippen molar-refractivity contribution in [2.45, 2.75) is 37.5 Å². The molecule has 0 radical (unpaired) electrons. The zero-order chi connectivity index (χ0) is 10.9. The van der Waals surface area contributed by atoms with Crippen molar-refractivity contribution in [3.8, 4) is 0 Å². The summed E-state index contributed by atoms with van der Waals surface area (Å²) < 4.78 is 0.202. The number of nitrogens with zero attached hydrogens (tertiary/aromatic N) is 1. The van der Waals surface area contributed by atoms with Gasteiger partial charge in [0.15, 0.2) is 0 Å². The Morgan fingerprint density at radius 3 is 3.00 bits per heavy atom. The summed E-state index contributed by atoms with van der Waals surface area (Å²) in [4.78, 5) is 4.18. The van der Waals surface area contributed by atoms with E-state index in [2.05, 4.69) is 18.8 Å². The molecule has 1 aliphatic rings. The molecule has 0 saturated carbocycles. The molecule has 2 nitrogen and oxygen atoms in total. The Kier molecular flexibility index (Phi) is 3.03.